The van der Waals surface area contributed by atoms with Crippen LogP contribution in [0.15, 0.2) is 29.3 Å². The minimum Gasteiger partial charge on any atom is -0.423 e. The number of rotatable bonds is 3. The van der Waals surface area contributed by atoms with E-state index in [1.54, 1.807) is 0 Å². The summed E-state index contributed by atoms with van der Waals surface area (Å²) >= 11 is 5.88. The van der Waals surface area contributed by atoms with Gasteiger partial charge in [0.15, 0.2) is 11.4 Å². The highest BCUT2D eigenvalue weighted by Gasteiger charge is 2.35. The molecule has 0 bridgehead atoms. The van der Waals surface area contributed by atoms with Crippen molar-refractivity contribution in [3.05, 3.63) is 51.5 Å². The summed E-state index contributed by atoms with van der Waals surface area (Å²) < 4.78 is 74.0. The highest BCUT2D eigenvalue weighted by atomic mass is 35.5. The number of fused-ring (bicyclic) bond motifs is 1. The van der Waals surface area contributed by atoms with Gasteiger partial charge >= 0.3 is 12.1 Å². The first-order valence-corrected chi connectivity index (χ1v) is 9.40. The van der Waals surface area contributed by atoms with Gasteiger partial charge in [-0.25, -0.2) is 18.7 Å². The first-order valence-electron chi connectivity index (χ1n) is 9.03. The Bertz CT molecular complexity index is 1280. The van der Waals surface area contributed by atoms with Gasteiger partial charge < -0.3 is 4.74 Å². The summed E-state index contributed by atoms with van der Waals surface area (Å²) in [6.45, 7) is 2.62. The Morgan fingerprint density at radius 1 is 1.06 bits per heavy atom. The SMILES string of the molecule is CC(C)(C)C(=O)Oc1c(-c2c(F)ccc(F)c2Cl)c(=O)n(CC(F)(F)F)c2nccnc12. The third-order valence-corrected chi connectivity index (χ3v) is 4.64. The molecule has 3 rings (SSSR count). The van der Waals surface area contributed by atoms with Gasteiger partial charge in [0.25, 0.3) is 5.56 Å². The van der Waals surface area contributed by atoms with Crippen LogP contribution in [0.25, 0.3) is 22.3 Å². The number of esters is 1. The van der Waals surface area contributed by atoms with Crippen molar-refractivity contribution in [3.63, 3.8) is 0 Å². The molecule has 0 atom stereocenters. The maximum absolute atomic E-state index is 14.7. The minimum absolute atomic E-state index is 0.187. The van der Waals surface area contributed by atoms with Gasteiger partial charge in [0.2, 0.25) is 0 Å². The van der Waals surface area contributed by atoms with Crippen molar-refractivity contribution in [2.45, 2.75) is 33.5 Å². The predicted octanol–water partition coefficient (Wildman–Crippen LogP) is 4.90. The monoisotopic (exact) mass is 475 g/mol. The van der Waals surface area contributed by atoms with Gasteiger partial charge in [-0.2, -0.15) is 13.2 Å². The number of carbonyl (C=O) groups excluding carboxylic acids is 1. The Kier molecular flexibility index (Phi) is 5.98. The number of nitrogens with zero attached hydrogens (tertiary/aromatic N) is 3. The molecule has 2 aromatic heterocycles. The lowest BCUT2D eigenvalue weighted by Gasteiger charge is -2.21. The van der Waals surface area contributed by atoms with Crippen molar-refractivity contribution in [2.24, 2.45) is 5.41 Å². The Hall–Kier alpha value is -3.08. The number of hydrogen-bond donors (Lipinski definition) is 0. The van der Waals surface area contributed by atoms with Gasteiger partial charge in [0.05, 0.1) is 16.0 Å². The van der Waals surface area contributed by atoms with Crippen molar-refractivity contribution in [3.8, 4) is 16.9 Å². The number of hydrogen-bond acceptors (Lipinski definition) is 5. The van der Waals surface area contributed by atoms with Gasteiger partial charge in [-0.3, -0.25) is 14.2 Å². The zero-order chi connectivity index (χ0) is 24.0. The molecule has 0 saturated heterocycles. The molecule has 0 amide bonds. The van der Waals surface area contributed by atoms with E-state index in [0.717, 1.165) is 12.4 Å². The number of ether oxygens (including phenoxy) is 1. The minimum atomic E-state index is -4.88. The molecular weight excluding hydrogens is 461 g/mol. The highest BCUT2D eigenvalue weighted by molar-refractivity contribution is 6.33. The molecule has 0 aliphatic rings. The number of aromatic nitrogens is 3. The Labute approximate surface area is 182 Å². The molecule has 3 aromatic rings. The summed E-state index contributed by atoms with van der Waals surface area (Å²) in [5.41, 5.74) is -5.33. The molecule has 0 N–H and O–H groups in total. The van der Waals surface area contributed by atoms with E-state index in [-0.39, 0.29) is 4.57 Å². The molecule has 6 nitrogen and oxygen atoms in total. The topological polar surface area (TPSA) is 74.1 Å². The second-order valence-electron chi connectivity index (χ2n) is 7.80. The Morgan fingerprint density at radius 2 is 1.66 bits per heavy atom. The quantitative estimate of drug-likeness (QED) is 0.306. The summed E-state index contributed by atoms with van der Waals surface area (Å²) in [6, 6.07) is 1.32. The summed E-state index contributed by atoms with van der Waals surface area (Å²) in [5.74, 6) is -3.95. The fourth-order valence-electron chi connectivity index (χ4n) is 2.78. The van der Waals surface area contributed by atoms with Crippen molar-refractivity contribution >= 4 is 28.7 Å². The van der Waals surface area contributed by atoms with E-state index in [2.05, 4.69) is 9.97 Å². The molecule has 2 heterocycles. The lowest BCUT2D eigenvalue weighted by atomic mass is 9.97. The van der Waals surface area contributed by atoms with Crippen molar-refractivity contribution in [1.29, 1.82) is 0 Å². The van der Waals surface area contributed by atoms with Crippen LogP contribution in [0.1, 0.15) is 20.8 Å². The molecule has 170 valence electrons. The summed E-state index contributed by atoms with van der Waals surface area (Å²) in [7, 11) is 0. The lowest BCUT2D eigenvalue weighted by molar-refractivity contribution is -0.143. The van der Waals surface area contributed by atoms with E-state index in [1.165, 1.54) is 20.8 Å². The normalized spacial score (nSPS) is 12.3. The van der Waals surface area contributed by atoms with Crippen LogP contribution in [-0.4, -0.2) is 26.7 Å². The van der Waals surface area contributed by atoms with Crippen LogP contribution in [0.3, 0.4) is 0 Å². The maximum atomic E-state index is 14.7. The molecule has 0 spiro atoms. The van der Waals surface area contributed by atoms with Gasteiger partial charge in [-0.15, -0.1) is 0 Å². The first kappa shape index (κ1) is 23.6. The van der Waals surface area contributed by atoms with Gasteiger partial charge in [0, 0.05) is 18.0 Å². The molecule has 1 aromatic carbocycles. The van der Waals surface area contributed by atoms with Gasteiger partial charge in [-0.1, -0.05) is 11.6 Å². The molecule has 0 unspecified atom stereocenters. The van der Waals surface area contributed by atoms with E-state index in [9.17, 15) is 31.5 Å². The summed E-state index contributed by atoms with van der Waals surface area (Å²) in [5, 5.41) is -0.878. The molecule has 12 heteroatoms. The van der Waals surface area contributed by atoms with Gasteiger partial charge in [0.1, 0.15) is 23.7 Å². The van der Waals surface area contributed by atoms with Crippen LogP contribution in [0.4, 0.5) is 22.0 Å². The molecule has 0 aliphatic heterocycles. The molecule has 0 aliphatic carbocycles. The van der Waals surface area contributed by atoms with E-state index in [4.69, 9.17) is 16.3 Å². The average molecular weight is 476 g/mol. The number of halogens is 6. The summed E-state index contributed by atoms with van der Waals surface area (Å²) in [6.07, 6.45) is -2.77. The van der Waals surface area contributed by atoms with Crippen LogP contribution in [0, 0.1) is 17.0 Å². The third kappa shape index (κ3) is 4.43. The molecule has 32 heavy (non-hydrogen) atoms. The zero-order valence-electron chi connectivity index (χ0n) is 16.9. The second-order valence-corrected chi connectivity index (χ2v) is 8.17. The molecule has 0 fully saturated rings. The Morgan fingerprint density at radius 3 is 2.25 bits per heavy atom. The number of carbonyl (C=O) groups is 1. The first-order chi connectivity index (χ1) is 14.7. The molecular formula is C20H15ClF5N3O3. The van der Waals surface area contributed by atoms with Gasteiger partial charge in [-0.05, 0) is 32.9 Å². The number of benzene rings is 1. The fraction of sp³-hybridized carbons (Fsp3) is 0.300. The van der Waals surface area contributed by atoms with Crippen molar-refractivity contribution in [1.82, 2.24) is 14.5 Å². The number of pyridine rings is 1. The van der Waals surface area contributed by atoms with E-state index >= 15 is 0 Å². The second kappa shape index (κ2) is 8.12. The van der Waals surface area contributed by atoms with Crippen molar-refractivity contribution in [2.75, 3.05) is 0 Å². The van der Waals surface area contributed by atoms with Crippen LogP contribution >= 0.6 is 11.6 Å². The molecule has 0 radical (unpaired) electrons. The lowest BCUT2D eigenvalue weighted by Crippen LogP contribution is -2.32. The number of alkyl halides is 3. The van der Waals surface area contributed by atoms with E-state index in [1.807, 2.05) is 0 Å². The maximum Gasteiger partial charge on any atom is 0.406 e. The van der Waals surface area contributed by atoms with E-state index < -0.39 is 74.4 Å². The predicted molar refractivity (Wildman–Crippen MR) is 105 cm³/mol. The van der Waals surface area contributed by atoms with Crippen LogP contribution in [0.5, 0.6) is 5.75 Å². The Balaban J connectivity index is 2.52. The average Bonchev–Trinajstić information content (AvgIpc) is 2.68. The van der Waals surface area contributed by atoms with Crippen LogP contribution in [0.2, 0.25) is 5.02 Å². The standard InChI is InChI=1S/C20H15ClF5N3O3/c1-19(2,3)18(31)32-15-12(11-9(22)4-5-10(23)13(11)21)17(30)29(8-20(24,25)26)16-14(15)27-6-7-28-16/h4-7H,8H2,1-3H3. The third-order valence-electron chi connectivity index (χ3n) is 4.27. The highest BCUT2D eigenvalue weighted by Crippen LogP contribution is 2.40. The molecule has 0 saturated carbocycles. The zero-order valence-corrected chi connectivity index (χ0v) is 17.6. The van der Waals surface area contributed by atoms with E-state index in [0.29, 0.717) is 12.1 Å². The van der Waals surface area contributed by atoms with Crippen LogP contribution < -0.4 is 10.3 Å². The smallest absolute Gasteiger partial charge is 0.406 e. The largest absolute Gasteiger partial charge is 0.423 e. The fourth-order valence-corrected chi connectivity index (χ4v) is 3.03. The van der Waals surface area contributed by atoms with Crippen LogP contribution in [-0.2, 0) is 11.3 Å². The van der Waals surface area contributed by atoms with Crippen molar-refractivity contribution < 1.29 is 31.5 Å². The summed E-state index contributed by atoms with van der Waals surface area (Å²) in [4.78, 5) is 33.4.